The lowest BCUT2D eigenvalue weighted by atomic mass is 9.85. The first-order valence-corrected chi connectivity index (χ1v) is 11.6. The topological polar surface area (TPSA) is 83.6 Å². The highest BCUT2D eigenvalue weighted by atomic mass is 35.5. The molecule has 8 heteroatoms. The number of sulfonamides is 1. The lowest BCUT2D eigenvalue weighted by Gasteiger charge is -2.49. The van der Waals surface area contributed by atoms with E-state index in [1.807, 2.05) is 24.3 Å². The van der Waals surface area contributed by atoms with Crippen molar-refractivity contribution in [3.63, 3.8) is 0 Å². The molecule has 0 saturated carbocycles. The van der Waals surface area contributed by atoms with Crippen LogP contribution in [0, 0.1) is 0 Å². The summed E-state index contributed by atoms with van der Waals surface area (Å²) in [6.45, 7) is 6.18. The van der Waals surface area contributed by atoms with E-state index in [1.54, 1.807) is 13.0 Å². The van der Waals surface area contributed by atoms with Gasteiger partial charge < -0.3 is 4.90 Å². The fourth-order valence-electron chi connectivity index (χ4n) is 3.44. The Labute approximate surface area is 182 Å². The van der Waals surface area contributed by atoms with Gasteiger partial charge in [-0.1, -0.05) is 61.8 Å². The van der Waals surface area contributed by atoms with Gasteiger partial charge in [0.2, 0.25) is 5.91 Å². The molecule has 3 rings (SSSR count). The summed E-state index contributed by atoms with van der Waals surface area (Å²) in [4.78, 5) is 26.9. The van der Waals surface area contributed by atoms with Crippen LogP contribution in [0.4, 0.5) is 0 Å². The number of hydrogen-bond donors (Lipinski definition) is 1. The Morgan fingerprint density at radius 2 is 1.77 bits per heavy atom. The summed E-state index contributed by atoms with van der Waals surface area (Å²) in [7, 11) is -4.14. The van der Waals surface area contributed by atoms with E-state index in [-0.39, 0.29) is 22.2 Å². The average molecular weight is 449 g/mol. The van der Waals surface area contributed by atoms with E-state index in [0.717, 1.165) is 5.56 Å². The number of nitrogens with one attached hydrogen (secondary N) is 1. The SMILES string of the molecule is CC(C)c1ccc(CC(=O)N2CCC2(C)C(=O)NS(=O)(=O)c2ccccc2Cl)cc1. The quantitative estimate of drug-likeness (QED) is 0.733. The molecule has 0 aromatic heterocycles. The molecule has 1 N–H and O–H groups in total. The molecule has 2 aromatic rings. The second-order valence-electron chi connectivity index (χ2n) is 8.01. The molecule has 2 amide bonds. The maximum atomic E-state index is 12.8. The third-order valence-electron chi connectivity index (χ3n) is 5.56. The lowest BCUT2D eigenvalue weighted by Crippen LogP contribution is -2.68. The third kappa shape index (κ3) is 4.37. The Kier molecular flexibility index (Phi) is 6.24. The van der Waals surface area contributed by atoms with Gasteiger partial charge in [-0.25, -0.2) is 13.1 Å². The first-order valence-electron chi connectivity index (χ1n) is 9.76. The number of halogens is 1. The maximum absolute atomic E-state index is 12.8. The van der Waals surface area contributed by atoms with Gasteiger partial charge in [0.1, 0.15) is 10.4 Å². The van der Waals surface area contributed by atoms with Gasteiger partial charge in [-0.05, 0) is 42.5 Å². The van der Waals surface area contributed by atoms with Crippen molar-refractivity contribution in [3.05, 3.63) is 64.7 Å². The molecule has 1 heterocycles. The van der Waals surface area contributed by atoms with Crippen LogP contribution in [-0.2, 0) is 26.0 Å². The van der Waals surface area contributed by atoms with Crippen LogP contribution < -0.4 is 4.72 Å². The van der Waals surface area contributed by atoms with Crippen molar-refractivity contribution >= 4 is 33.4 Å². The van der Waals surface area contributed by atoms with E-state index >= 15 is 0 Å². The molecule has 2 aromatic carbocycles. The zero-order chi connectivity index (χ0) is 22.1. The first-order chi connectivity index (χ1) is 14.0. The minimum atomic E-state index is -4.14. The fraction of sp³-hybridized carbons (Fsp3) is 0.364. The minimum Gasteiger partial charge on any atom is -0.328 e. The van der Waals surface area contributed by atoms with E-state index in [9.17, 15) is 18.0 Å². The number of carbonyl (C=O) groups is 2. The number of benzene rings is 2. The molecule has 1 unspecified atom stereocenters. The minimum absolute atomic E-state index is 0.0225. The Balaban J connectivity index is 1.71. The summed E-state index contributed by atoms with van der Waals surface area (Å²) in [6, 6.07) is 13.7. The zero-order valence-corrected chi connectivity index (χ0v) is 18.8. The summed E-state index contributed by atoms with van der Waals surface area (Å²) in [6.07, 6.45) is 0.535. The summed E-state index contributed by atoms with van der Waals surface area (Å²) in [5.74, 6) is -0.555. The predicted molar refractivity (Wildman–Crippen MR) is 116 cm³/mol. The lowest BCUT2D eigenvalue weighted by molar-refractivity contribution is -0.156. The number of amides is 2. The van der Waals surface area contributed by atoms with Gasteiger partial charge in [0, 0.05) is 6.54 Å². The first kappa shape index (κ1) is 22.3. The normalized spacial score (nSPS) is 18.8. The third-order valence-corrected chi connectivity index (χ3v) is 7.39. The molecule has 1 aliphatic heterocycles. The number of likely N-dealkylation sites (tertiary alicyclic amines) is 1. The summed E-state index contributed by atoms with van der Waals surface area (Å²) >= 11 is 5.96. The number of carbonyl (C=O) groups excluding carboxylic acids is 2. The molecular formula is C22H25ClN2O4S. The Hall–Kier alpha value is -2.38. The molecule has 160 valence electrons. The van der Waals surface area contributed by atoms with Crippen LogP contribution in [-0.4, -0.2) is 37.2 Å². The number of rotatable bonds is 6. The van der Waals surface area contributed by atoms with Crippen molar-refractivity contribution in [3.8, 4) is 0 Å². The van der Waals surface area contributed by atoms with E-state index in [0.29, 0.717) is 18.9 Å². The zero-order valence-electron chi connectivity index (χ0n) is 17.2. The Bertz CT molecular complexity index is 1070. The molecule has 1 atom stereocenters. The second-order valence-corrected chi connectivity index (χ2v) is 10.1. The van der Waals surface area contributed by atoms with Crippen molar-refractivity contribution < 1.29 is 18.0 Å². The van der Waals surface area contributed by atoms with Crippen molar-refractivity contribution in [2.45, 2.75) is 50.0 Å². The second kappa shape index (κ2) is 8.40. The monoisotopic (exact) mass is 448 g/mol. The molecule has 1 fully saturated rings. The standard InChI is InChI=1S/C22H25ClN2O4S/c1-15(2)17-10-8-16(9-11-17)14-20(26)25-13-12-22(25,3)21(27)24-30(28,29)19-7-5-4-6-18(19)23/h4-11,15H,12-14H2,1-3H3,(H,24,27). The van der Waals surface area contributed by atoms with E-state index < -0.39 is 21.5 Å². The van der Waals surface area contributed by atoms with Gasteiger partial charge in [0.25, 0.3) is 15.9 Å². The number of hydrogen-bond acceptors (Lipinski definition) is 4. The van der Waals surface area contributed by atoms with Crippen molar-refractivity contribution in [1.29, 1.82) is 0 Å². The van der Waals surface area contributed by atoms with Gasteiger partial charge in [0.15, 0.2) is 0 Å². The van der Waals surface area contributed by atoms with Crippen LogP contribution in [0.25, 0.3) is 0 Å². The number of nitrogens with zero attached hydrogens (tertiary/aromatic N) is 1. The maximum Gasteiger partial charge on any atom is 0.265 e. The molecule has 0 radical (unpaired) electrons. The molecule has 0 bridgehead atoms. The van der Waals surface area contributed by atoms with E-state index in [2.05, 4.69) is 18.6 Å². The average Bonchev–Trinajstić information content (AvgIpc) is 2.66. The highest BCUT2D eigenvalue weighted by molar-refractivity contribution is 7.90. The van der Waals surface area contributed by atoms with Crippen molar-refractivity contribution in [2.24, 2.45) is 0 Å². The van der Waals surface area contributed by atoms with Gasteiger partial charge in [-0.3, -0.25) is 9.59 Å². The summed E-state index contributed by atoms with van der Waals surface area (Å²) in [5, 5.41) is 0.0225. The van der Waals surface area contributed by atoms with E-state index in [4.69, 9.17) is 11.6 Å². The molecule has 30 heavy (non-hydrogen) atoms. The van der Waals surface area contributed by atoms with Crippen LogP contribution in [0.5, 0.6) is 0 Å². The van der Waals surface area contributed by atoms with Crippen LogP contribution in [0.3, 0.4) is 0 Å². The Morgan fingerprint density at radius 1 is 1.13 bits per heavy atom. The molecule has 0 aliphatic carbocycles. The predicted octanol–water partition coefficient (Wildman–Crippen LogP) is 3.50. The van der Waals surface area contributed by atoms with Crippen LogP contribution in [0.15, 0.2) is 53.4 Å². The molecule has 1 aliphatic rings. The summed E-state index contributed by atoms with van der Waals surface area (Å²) in [5.41, 5.74) is 0.815. The van der Waals surface area contributed by atoms with Crippen LogP contribution in [0.2, 0.25) is 5.02 Å². The van der Waals surface area contributed by atoms with Crippen LogP contribution in [0.1, 0.15) is 44.2 Å². The van der Waals surface area contributed by atoms with E-state index in [1.165, 1.54) is 28.7 Å². The van der Waals surface area contributed by atoms with Crippen molar-refractivity contribution in [2.75, 3.05) is 6.54 Å². The molecule has 0 spiro atoms. The van der Waals surface area contributed by atoms with Gasteiger partial charge >= 0.3 is 0 Å². The van der Waals surface area contributed by atoms with Crippen LogP contribution >= 0.6 is 11.6 Å². The molecule has 6 nitrogen and oxygen atoms in total. The largest absolute Gasteiger partial charge is 0.328 e. The highest BCUT2D eigenvalue weighted by Gasteiger charge is 2.50. The highest BCUT2D eigenvalue weighted by Crippen LogP contribution is 2.32. The molecular weight excluding hydrogens is 424 g/mol. The van der Waals surface area contributed by atoms with Gasteiger partial charge in [0.05, 0.1) is 11.4 Å². The van der Waals surface area contributed by atoms with Crippen molar-refractivity contribution in [1.82, 2.24) is 9.62 Å². The fourth-order valence-corrected chi connectivity index (χ4v) is 5.03. The van der Waals surface area contributed by atoms with Gasteiger partial charge in [-0.2, -0.15) is 0 Å². The van der Waals surface area contributed by atoms with Gasteiger partial charge in [-0.15, -0.1) is 0 Å². The Morgan fingerprint density at radius 3 is 2.30 bits per heavy atom. The molecule has 1 saturated heterocycles. The summed E-state index contributed by atoms with van der Waals surface area (Å²) < 4.78 is 27.2. The smallest absolute Gasteiger partial charge is 0.265 e.